The molecule has 0 spiro atoms. The molecule has 2 aromatic heterocycles. The normalized spacial score (nSPS) is 11.3. The van der Waals surface area contributed by atoms with Crippen LogP contribution in [0.2, 0.25) is 0 Å². The summed E-state index contributed by atoms with van der Waals surface area (Å²) in [7, 11) is 0. The van der Waals surface area contributed by atoms with Gasteiger partial charge in [-0.25, -0.2) is 9.98 Å². The van der Waals surface area contributed by atoms with Crippen LogP contribution in [0.1, 0.15) is 23.8 Å². The van der Waals surface area contributed by atoms with Crippen LogP contribution in [0.3, 0.4) is 0 Å². The Bertz CT molecular complexity index is 1120. The molecule has 0 aliphatic rings. The number of nitrogens with zero attached hydrogens (tertiary/aromatic N) is 3. The molecule has 156 valence electrons. The zero-order valence-electron chi connectivity index (χ0n) is 17.0. The molecule has 0 radical (unpaired) electrons. The molecule has 0 unspecified atom stereocenters. The fourth-order valence-electron chi connectivity index (χ4n) is 3.23. The number of rotatable bonds is 6. The Morgan fingerprint density at radius 1 is 1.13 bits per heavy atom. The lowest BCUT2D eigenvalue weighted by Gasteiger charge is -2.11. The van der Waals surface area contributed by atoms with Crippen molar-refractivity contribution in [3.8, 4) is 11.4 Å². The number of hydrogen-bond donors (Lipinski definition) is 3. The van der Waals surface area contributed by atoms with Crippen molar-refractivity contribution < 1.29 is 4.42 Å². The predicted molar refractivity (Wildman–Crippen MR) is 130 cm³/mol. The van der Waals surface area contributed by atoms with E-state index in [1.54, 1.807) is 0 Å². The Labute approximate surface area is 192 Å². The molecule has 2 aromatic carbocycles. The van der Waals surface area contributed by atoms with Gasteiger partial charge in [-0.2, -0.15) is 5.10 Å². The first kappa shape index (κ1) is 21.8. The third-order valence-electron chi connectivity index (χ3n) is 4.74. The van der Waals surface area contributed by atoms with Crippen molar-refractivity contribution >= 4 is 40.9 Å². The average Bonchev–Trinajstić information content (AvgIpc) is 3.39. The van der Waals surface area contributed by atoms with Gasteiger partial charge >= 0.3 is 0 Å². The Morgan fingerprint density at radius 2 is 2.00 bits per heavy atom. The maximum Gasteiger partial charge on any atom is 0.191 e. The molecule has 0 saturated heterocycles. The summed E-state index contributed by atoms with van der Waals surface area (Å²) in [4.78, 5) is 8.92. The van der Waals surface area contributed by atoms with Crippen LogP contribution >= 0.6 is 24.0 Å². The molecule has 0 fully saturated rings. The fraction of sp³-hybridized carbons (Fsp3) is 0.227. The van der Waals surface area contributed by atoms with Crippen molar-refractivity contribution in [3.63, 3.8) is 0 Å². The lowest BCUT2D eigenvalue weighted by molar-refractivity contribution is 0.534. The first-order valence-electron chi connectivity index (χ1n) is 9.68. The summed E-state index contributed by atoms with van der Waals surface area (Å²) < 4.78 is 5.99. The van der Waals surface area contributed by atoms with Gasteiger partial charge in [0.25, 0.3) is 0 Å². The van der Waals surface area contributed by atoms with Gasteiger partial charge in [0, 0.05) is 23.1 Å². The van der Waals surface area contributed by atoms with Gasteiger partial charge in [0.05, 0.1) is 13.1 Å². The van der Waals surface area contributed by atoms with Crippen molar-refractivity contribution in [3.05, 3.63) is 71.7 Å². The van der Waals surface area contributed by atoms with E-state index in [2.05, 4.69) is 50.9 Å². The maximum atomic E-state index is 5.99. The van der Waals surface area contributed by atoms with Gasteiger partial charge in [-0.1, -0.05) is 36.4 Å². The fourth-order valence-corrected chi connectivity index (χ4v) is 3.23. The highest BCUT2D eigenvalue weighted by atomic mass is 127. The molecule has 8 heteroatoms. The van der Waals surface area contributed by atoms with Gasteiger partial charge in [-0.05, 0) is 31.5 Å². The molecule has 0 amide bonds. The summed E-state index contributed by atoms with van der Waals surface area (Å²) in [6.07, 6.45) is 1.51. The predicted octanol–water partition coefficient (Wildman–Crippen LogP) is 4.40. The Balaban J connectivity index is 0.00000256. The minimum atomic E-state index is 0. The maximum absolute atomic E-state index is 5.99. The van der Waals surface area contributed by atoms with E-state index in [0.29, 0.717) is 13.1 Å². The molecule has 30 heavy (non-hydrogen) atoms. The number of aromatic amines is 1. The van der Waals surface area contributed by atoms with E-state index in [4.69, 9.17) is 9.41 Å². The van der Waals surface area contributed by atoms with E-state index in [1.165, 1.54) is 6.33 Å². The van der Waals surface area contributed by atoms with Gasteiger partial charge in [-0.15, -0.1) is 24.0 Å². The molecule has 2 heterocycles. The van der Waals surface area contributed by atoms with E-state index in [9.17, 15) is 0 Å². The smallest absolute Gasteiger partial charge is 0.191 e. The molecule has 0 bridgehead atoms. The zero-order chi connectivity index (χ0) is 20.1. The SMILES string of the molecule is CCNC(=NCc1cccc(-c2ncn[nH]2)c1)NCc1oc2ccccc2c1C.I. The highest BCUT2D eigenvalue weighted by Crippen LogP contribution is 2.24. The van der Waals surface area contributed by atoms with Crippen LogP contribution in [0.4, 0.5) is 0 Å². The molecule has 7 nitrogen and oxygen atoms in total. The molecule has 4 aromatic rings. The number of halogens is 1. The van der Waals surface area contributed by atoms with Gasteiger partial charge in [0.1, 0.15) is 17.7 Å². The van der Waals surface area contributed by atoms with Crippen LogP contribution in [-0.4, -0.2) is 27.7 Å². The van der Waals surface area contributed by atoms with Gasteiger partial charge in [-0.3, -0.25) is 5.10 Å². The second-order valence-corrected chi connectivity index (χ2v) is 6.73. The zero-order valence-corrected chi connectivity index (χ0v) is 19.3. The molecule has 4 rings (SSSR count). The average molecular weight is 516 g/mol. The number of aryl methyl sites for hydroxylation is 1. The summed E-state index contributed by atoms with van der Waals surface area (Å²) in [6.45, 7) is 6.04. The van der Waals surface area contributed by atoms with E-state index in [0.717, 1.165) is 51.7 Å². The Hall–Kier alpha value is -2.88. The van der Waals surface area contributed by atoms with Crippen LogP contribution < -0.4 is 10.6 Å². The standard InChI is InChI=1S/C22H24N6O.HI/c1-3-23-22(25-13-20-15(2)18-9-4-5-10-19(18)29-20)24-12-16-7-6-8-17(11-16)21-26-14-27-28-21;/h4-11,14H,3,12-13H2,1-2H3,(H2,23,24,25)(H,26,27,28);1H. The number of para-hydroxylation sites is 1. The number of H-pyrrole nitrogens is 1. The lowest BCUT2D eigenvalue weighted by atomic mass is 10.1. The molecule has 3 N–H and O–H groups in total. The Morgan fingerprint density at radius 3 is 2.77 bits per heavy atom. The number of benzene rings is 2. The quantitative estimate of drug-likeness (QED) is 0.201. The number of furan rings is 1. The van der Waals surface area contributed by atoms with Gasteiger partial charge in [0.15, 0.2) is 11.8 Å². The van der Waals surface area contributed by atoms with Crippen LogP contribution in [-0.2, 0) is 13.1 Å². The summed E-state index contributed by atoms with van der Waals surface area (Å²) >= 11 is 0. The van der Waals surface area contributed by atoms with E-state index in [1.807, 2.05) is 37.3 Å². The second-order valence-electron chi connectivity index (χ2n) is 6.73. The third kappa shape index (κ3) is 4.99. The minimum absolute atomic E-state index is 0. The van der Waals surface area contributed by atoms with E-state index >= 15 is 0 Å². The number of hydrogen-bond acceptors (Lipinski definition) is 4. The summed E-state index contributed by atoms with van der Waals surface area (Å²) in [5, 5.41) is 14.6. The summed E-state index contributed by atoms with van der Waals surface area (Å²) in [5.74, 6) is 2.42. The summed E-state index contributed by atoms with van der Waals surface area (Å²) in [6, 6.07) is 16.2. The number of aromatic nitrogens is 3. The van der Waals surface area contributed by atoms with Crippen LogP contribution in [0.15, 0.2) is 64.3 Å². The Kier molecular flexibility index (Phi) is 7.45. The van der Waals surface area contributed by atoms with Gasteiger partial charge < -0.3 is 15.1 Å². The van der Waals surface area contributed by atoms with Crippen LogP contribution in [0, 0.1) is 6.92 Å². The monoisotopic (exact) mass is 516 g/mol. The molecule has 0 aliphatic carbocycles. The van der Waals surface area contributed by atoms with Gasteiger partial charge in [0.2, 0.25) is 0 Å². The number of nitrogens with one attached hydrogen (secondary N) is 3. The second kappa shape index (κ2) is 10.2. The van der Waals surface area contributed by atoms with Crippen LogP contribution in [0.5, 0.6) is 0 Å². The van der Waals surface area contributed by atoms with Crippen LogP contribution in [0.25, 0.3) is 22.4 Å². The molecule has 0 saturated carbocycles. The highest BCUT2D eigenvalue weighted by Gasteiger charge is 2.10. The van der Waals surface area contributed by atoms with Crippen molar-refractivity contribution in [1.29, 1.82) is 0 Å². The molecule has 0 atom stereocenters. The molecular weight excluding hydrogens is 491 g/mol. The van der Waals surface area contributed by atoms with Crippen molar-refractivity contribution in [2.45, 2.75) is 26.9 Å². The largest absolute Gasteiger partial charge is 0.459 e. The molecule has 0 aliphatic heterocycles. The number of fused-ring (bicyclic) bond motifs is 1. The number of aliphatic imine (C=N–C) groups is 1. The topological polar surface area (TPSA) is 91.1 Å². The third-order valence-corrected chi connectivity index (χ3v) is 4.74. The van der Waals surface area contributed by atoms with Crippen molar-refractivity contribution in [1.82, 2.24) is 25.8 Å². The molecular formula is C22H25IN6O. The van der Waals surface area contributed by atoms with Crippen molar-refractivity contribution in [2.75, 3.05) is 6.54 Å². The minimum Gasteiger partial charge on any atom is -0.459 e. The van der Waals surface area contributed by atoms with E-state index in [-0.39, 0.29) is 24.0 Å². The highest BCUT2D eigenvalue weighted by molar-refractivity contribution is 14.0. The van der Waals surface area contributed by atoms with Crippen molar-refractivity contribution in [2.24, 2.45) is 4.99 Å². The first-order chi connectivity index (χ1) is 14.2. The van der Waals surface area contributed by atoms with E-state index < -0.39 is 0 Å². The number of guanidine groups is 1. The lowest BCUT2D eigenvalue weighted by Crippen LogP contribution is -2.36. The first-order valence-corrected chi connectivity index (χ1v) is 9.68. The summed E-state index contributed by atoms with van der Waals surface area (Å²) in [5.41, 5.74) is 4.15.